The van der Waals surface area contributed by atoms with Crippen LogP contribution in [0.2, 0.25) is 0 Å². The van der Waals surface area contributed by atoms with Crippen molar-refractivity contribution in [1.82, 2.24) is 5.32 Å². The molecule has 4 aromatic carbocycles. The maximum absolute atomic E-state index is 14.9. The number of phosphoric ester groups is 1. The number of alkyl halides is 9. The maximum Gasteiger partial charge on any atom is 0.514 e. The van der Waals surface area contributed by atoms with E-state index in [1.807, 2.05) is 0 Å². The number of methoxy groups -OCH3 is 2. The summed E-state index contributed by atoms with van der Waals surface area (Å²) in [5.74, 6) is -1.61. The maximum atomic E-state index is 14.9. The second-order valence-electron chi connectivity index (χ2n) is 13.6. The number of halogens is 11. The van der Waals surface area contributed by atoms with Gasteiger partial charge in [0.2, 0.25) is 0 Å². The van der Waals surface area contributed by atoms with E-state index in [1.54, 1.807) is 13.8 Å². The quantitative estimate of drug-likeness (QED) is 0.0458. The number of phosphoric acid groups is 1. The Bertz CT molecular complexity index is 2180. The number of benzene rings is 4. The third-order valence-corrected chi connectivity index (χ3v) is 9.48. The first-order valence-electron chi connectivity index (χ1n) is 17.6. The van der Waals surface area contributed by atoms with Gasteiger partial charge >= 0.3 is 32.5 Å². The number of nitrogens with one attached hydrogen (secondary N) is 1. The van der Waals surface area contributed by atoms with Crippen molar-refractivity contribution in [2.24, 2.45) is 0 Å². The molecule has 0 aliphatic heterocycles. The SMILES string of the molecule is COc1cc(CCOP(=O)(O)O)ccc1OC(=O)O[C@H](c1cc(C(F)(F)F)cc(C(F)(F)F)c1)[C@H](C)NCc1cc(C(F)(F)F)ccc1-c1cc(C(C)C)c(F)cc1OC.Cl. The van der Waals surface area contributed by atoms with Crippen molar-refractivity contribution in [2.75, 3.05) is 20.8 Å². The van der Waals surface area contributed by atoms with E-state index in [2.05, 4.69) is 9.84 Å². The highest BCUT2D eigenvalue weighted by atomic mass is 35.5. The molecule has 2 atom stereocenters. The van der Waals surface area contributed by atoms with Crippen LogP contribution in [0.1, 0.15) is 71.7 Å². The molecule has 0 saturated carbocycles. The summed E-state index contributed by atoms with van der Waals surface area (Å²) in [6, 6.07) is 7.81. The van der Waals surface area contributed by atoms with Crippen molar-refractivity contribution in [3.8, 4) is 28.4 Å². The molecule has 0 amide bonds. The average molecular weight is 922 g/mol. The Morgan fingerprint density at radius 2 is 1.33 bits per heavy atom. The van der Waals surface area contributed by atoms with Gasteiger partial charge in [0.25, 0.3) is 0 Å². The van der Waals surface area contributed by atoms with Gasteiger partial charge in [-0.2, -0.15) is 39.5 Å². The molecule has 0 fully saturated rings. The first kappa shape index (κ1) is 50.8. The first-order chi connectivity index (χ1) is 27.7. The summed E-state index contributed by atoms with van der Waals surface area (Å²) in [5.41, 5.74) is -4.76. The van der Waals surface area contributed by atoms with Crippen LogP contribution in [0.25, 0.3) is 11.1 Å². The largest absolute Gasteiger partial charge is 0.514 e. The number of ether oxygens (including phenoxy) is 4. The lowest BCUT2D eigenvalue weighted by Gasteiger charge is -2.27. The smallest absolute Gasteiger partial charge is 0.496 e. The lowest BCUT2D eigenvalue weighted by atomic mass is 9.92. The number of hydrogen-bond donors (Lipinski definition) is 3. The summed E-state index contributed by atoms with van der Waals surface area (Å²) in [5, 5.41) is 2.75. The van der Waals surface area contributed by atoms with Crippen LogP contribution >= 0.6 is 20.2 Å². The highest BCUT2D eigenvalue weighted by Gasteiger charge is 2.39. The molecule has 10 nitrogen and oxygen atoms in total. The molecule has 4 rings (SSSR count). The second kappa shape index (κ2) is 20.1. The van der Waals surface area contributed by atoms with E-state index in [1.165, 1.54) is 32.2 Å². The third kappa shape index (κ3) is 13.7. The van der Waals surface area contributed by atoms with E-state index < -0.39 is 85.9 Å². The summed E-state index contributed by atoms with van der Waals surface area (Å²) < 4.78 is 177. The molecule has 0 radical (unpaired) electrons. The number of carbonyl (C=O) groups excluding carboxylic acids is 1. The van der Waals surface area contributed by atoms with E-state index in [4.69, 9.17) is 28.7 Å². The van der Waals surface area contributed by atoms with E-state index in [-0.39, 0.29) is 70.3 Å². The summed E-state index contributed by atoms with van der Waals surface area (Å²) in [6.07, 6.45) is -19.3. The summed E-state index contributed by atoms with van der Waals surface area (Å²) in [6.45, 7) is 3.53. The van der Waals surface area contributed by atoms with Crippen LogP contribution in [-0.4, -0.2) is 42.8 Å². The van der Waals surface area contributed by atoms with Crippen molar-refractivity contribution in [3.63, 3.8) is 0 Å². The predicted molar refractivity (Wildman–Crippen MR) is 202 cm³/mol. The van der Waals surface area contributed by atoms with Gasteiger partial charge in [0.1, 0.15) is 17.7 Å². The predicted octanol–water partition coefficient (Wildman–Crippen LogP) is 11.2. The lowest BCUT2D eigenvalue weighted by molar-refractivity contribution is -0.143. The fourth-order valence-electron chi connectivity index (χ4n) is 6.00. The molecule has 61 heavy (non-hydrogen) atoms. The Kier molecular flexibility index (Phi) is 16.7. The Hall–Kier alpha value is -4.59. The van der Waals surface area contributed by atoms with Crippen molar-refractivity contribution in [3.05, 3.63) is 111 Å². The topological polar surface area (TPSA) is 133 Å². The zero-order valence-electron chi connectivity index (χ0n) is 32.6. The highest BCUT2D eigenvalue weighted by molar-refractivity contribution is 7.46. The summed E-state index contributed by atoms with van der Waals surface area (Å²) >= 11 is 0. The molecule has 0 heterocycles. The molecule has 336 valence electrons. The minimum atomic E-state index is -5.32. The number of carbonyl (C=O) groups is 1. The van der Waals surface area contributed by atoms with Gasteiger partial charge < -0.3 is 34.1 Å². The molecule has 0 aliphatic rings. The molecule has 0 aromatic heterocycles. The van der Waals surface area contributed by atoms with Crippen LogP contribution in [0.15, 0.2) is 66.7 Å². The Morgan fingerprint density at radius 1 is 0.738 bits per heavy atom. The third-order valence-electron chi connectivity index (χ3n) is 8.97. The average Bonchev–Trinajstić information content (AvgIpc) is 3.14. The molecule has 0 unspecified atom stereocenters. The zero-order chi connectivity index (χ0) is 45.0. The van der Waals surface area contributed by atoms with Crippen LogP contribution in [-0.2, 0) is 45.3 Å². The fraction of sp³-hybridized carbons (Fsp3) is 0.359. The number of rotatable bonds is 15. The molecular weight excluding hydrogens is 883 g/mol. The highest BCUT2D eigenvalue weighted by Crippen LogP contribution is 2.42. The Balaban J connectivity index is 0.00000992. The molecule has 0 spiro atoms. The molecular formula is C39H39ClF10NO9P. The van der Waals surface area contributed by atoms with E-state index in [0.717, 1.165) is 37.4 Å². The molecule has 22 heteroatoms. The monoisotopic (exact) mass is 921 g/mol. The Morgan fingerprint density at radius 3 is 1.85 bits per heavy atom. The van der Waals surface area contributed by atoms with Crippen molar-refractivity contribution < 1.29 is 86.5 Å². The molecule has 0 saturated heterocycles. The van der Waals surface area contributed by atoms with Gasteiger partial charge in [-0.05, 0) is 95.6 Å². The van der Waals surface area contributed by atoms with Crippen LogP contribution in [0.3, 0.4) is 0 Å². The second-order valence-corrected chi connectivity index (χ2v) is 14.8. The minimum Gasteiger partial charge on any atom is -0.496 e. The van der Waals surface area contributed by atoms with Crippen LogP contribution < -0.4 is 19.5 Å². The molecule has 4 aromatic rings. The van der Waals surface area contributed by atoms with E-state index >= 15 is 0 Å². The van der Waals surface area contributed by atoms with Crippen molar-refractivity contribution in [1.29, 1.82) is 0 Å². The fourth-order valence-corrected chi connectivity index (χ4v) is 6.33. The Labute approximate surface area is 348 Å². The van der Waals surface area contributed by atoms with Gasteiger partial charge in [-0.15, -0.1) is 12.4 Å². The molecule has 0 aliphatic carbocycles. The molecule has 0 bridgehead atoms. The van der Waals surface area contributed by atoms with Gasteiger partial charge in [0.15, 0.2) is 11.5 Å². The molecule has 3 N–H and O–H groups in total. The van der Waals surface area contributed by atoms with Crippen LogP contribution in [0.5, 0.6) is 17.2 Å². The van der Waals surface area contributed by atoms with Gasteiger partial charge in [-0.1, -0.05) is 26.0 Å². The standard InChI is InChI=1S/C39H38F10NO9P.ClH/c1-20(2)29-17-30(33(55-4)18-31(29)40)28-8-7-25(37(41,42)43)15-24(28)19-50-21(3)35(23-13-26(38(44,45)46)16-27(14-23)39(47,48)49)59-36(51)58-32-9-6-22(12-34(32)56-5)10-11-57-60(52,53)54;/h6-9,12-18,20-21,35,50H,10-11,19H2,1-5H3,(H2,52,53,54);1H/t21-,35-;/m0./s1. The first-order valence-corrected chi connectivity index (χ1v) is 19.1. The van der Waals surface area contributed by atoms with Gasteiger partial charge in [0, 0.05) is 24.2 Å². The minimum absolute atomic E-state index is 0. The van der Waals surface area contributed by atoms with Crippen molar-refractivity contribution >= 4 is 26.4 Å². The van der Waals surface area contributed by atoms with Gasteiger partial charge in [-0.25, -0.2) is 13.8 Å². The summed E-state index contributed by atoms with van der Waals surface area (Å²) in [7, 11) is -2.44. The van der Waals surface area contributed by atoms with Crippen molar-refractivity contribution in [2.45, 2.75) is 70.3 Å². The number of hydrogen-bond acceptors (Lipinski definition) is 8. The normalized spacial score (nSPS) is 13.3. The summed E-state index contributed by atoms with van der Waals surface area (Å²) in [4.78, 5) is 31.1. The van der Waals surface area contributed by atoms with Gasteiger partial charge in [-0.3, -0.25) is 4.52 Å². The zero-order valence-corrected chi connectivity index (χ0v) is 34.3. The van der Waals surface area contributed by atoms with E-state index in [9.17, 15) is 53.3 Å². The van der Waals surface area contributed by atoms with Crippen LogP contribution in [0.4, 0.5) is 48.7 Å². The lowest BCUT2D eigenvalue weighted by Crippen LogP contribution is -2.35. The van der Waals surface area contributed by atoms with E-state index in [0.29, 0.717) is 17.7 Å². The van der Waals surface area contributed by atoms with Crippen LogP contribution in [0, 0.1) is 5.82 Å². The van der Waals surface area contributed by atoms with Gasteiger partial charge in [0.05, 0.1) is 37.5 Å².